The lowest BCUT2D eigenvalue weighted by Gasteiger charge is -2.07. The molecule has 82 valence electrons. The maximum absolute atomic E-state index is 13.3. The summed E-state index contributed by atoms with van der Waals surface area (Å²) in [6.45, 7) is 0. The number of nitrogens with one attached hydrogen (secondary N) is 1. The number of hydrogen-bond donors (Lipinski definition) is 2. The molecule has 2 rings (SSSR count). The third kappa shape index (κ3) is 2.05. The second kappa shape index (κ2) is 4.09. The number of rotatable bonds is 2. The molecule has 0 spiro atoms. The number of nitrogens with two attached hydrogens (primary N) is 1. The molecule has 1 heterocycles. The summed E-state index contributed by atoms with van der Waals surface area (Å²) in [5.41, 5.74) is 5.08. The Bertz CT molecular complexity index is 496. The lowest BCUT2D eigenvalue weighted by atomic mass is 10.3. The summed E-state index contributed by atoms with van der Waals surface area (Å²) in [6, 6.07) is 5.04. The Morgan fingerprint density at radius 3 is 2.44 bits per heavy atom. The van der Waals surface area contributed by atoms with Crippen LogP contribution in [0.3, 0.4) is 0 Å². The molecule has 0 unspecified atom stereocenters. The van der Waals surface area contributed by atoms with Crippen LogP contribution in [-0.2, 0) is 0 Å². The molecular formula is C10H8F2N4. The highest BCUT2D eigenvalue weighted by Gasteiger charge is 2.08. The molecule has 0 bridgehead atoms. The molecule has 0 fully saturated rings. The van der Waals surface area contributed by atoms with Crippen molar-refractivity contribution in [3.8, 4) is 0 Å². The van der Waals surface area contributed by atoms with E-state index < -0.39 is 11.6 Å². The molecule has 0 saturated heterocycles. The Balaban J connectivity index is 2.34. The summed E-state index contributed by atoms with van der Waals surface area (Å²) >= 11 is 0. The number of halogens is 2. The molecule has 0 aliphatic carbocycles. The van der Waals surface area contributed by atoms with Crippen LogP contribution in [0, 0.1) is 11.6 Å². The van der Waals surface area contributed by atoms with Gasteiger partial charge in [0.15, 0.2) is 0 Å². The van der Waals surface area contributed by atoms with Gasteiger partial charge in [0.25, 0.3) is 0 Å². The number of hydrogen-bond acceptors (Lipinski definition) is 4. The summed E-state index contributed by atoms with van der Waals surface area (Å²) in [6.07, 6.45) is 1.39. The predicted molar refractivity (Wildman–Crippen MR) is 56.1 cm³/mol. The van der Waals surface area contributed by atoms with E-state index in [0.29, 0.717) is 0 Å². The van der Waals surface area contributed by atoms with E-state index in [-0.39, 0.29) is 17.5 Å². The topological polar surface area (TPSA) is 63.8 Å². The highest BCUT2D eigenvalue weighted by atomic mass is 19.1. The maximum Gasteiger partial charge on any atom is 0.221 e. The standard InChI is InChI=1S/C10H8F2N4/c11-6-2-1-3-7(12)9(6)15-8-4-5-14-10(13)16-8/h1-5H,(H3,13,14,15,16). The minimum absolute atomic E-state index is 0.0294. The van der Waals surface area contributed by atoms with E-state index in [2.05, 4.69) is 15.3 Å². The van der Waals surface area contributed by atoms with Crippen molar-refractivity contribution in [3.63, 3.8) is 0 Å². The van der Waals surface area contributed by atoms with Crippen LogP contribution in [0.1, 0.15) is 0 Å². The van der Waals surface area contributed by atoms with E-state index in [1.165, 1.54) is 18.3 Å². The first-order valence-electron chi connectivity index (χ1n) is 4.46. The Morgan fingerprint density at radius 2 is 1.81 bits per heavy atom. The molecule has 6 heteroatoms. The lowest BCUT2D eigenvalue weighted by Crippen LogP contribution is -2.02. The number of para-hydroxylation sites is 1. The first-order valence-corrected chi connectivity index (χ1v) is 4.46. The molecule has 2 aromatic rings. The Morgan fingerprint density at radius 1 is 1.12 bits per heavy atom. The number of benzene rings is 1. The van der Waals surface area contributed by atoms with E-state index in [9.17, 15) is 8.78 Å². The summed E-state index contributed by atoms with van der Waals surface area (Å²) < 4.78 is 26.5. The van der Waals surface area contributed by atoms with E-state index in [4.69, 9.17) is 5.73 Å². The first-order chi connectivity index (χ1) is 7.66. The van der Waals surface area contributed by atoms with Crippen molar-refractivity contribution in [1.29, 1.82) is 0 Å². The average Bonchev–Trinajstić information content (AvgIpc) is 2.24. The van der Waals surface area contributed by atoms with Gasteiger partial charge in [-0.25, -0.2) is 13.8 Å². The molecule has 1 aromatic heterocycles. The molecule has 0 radical (unpaired) electrons. The molecule has 16 heavy (non-hydrogen) atoms. The molecule has 1 aromatic carbocycles. The molecule has 0 amide bonds. The zero-order valence-electron chi connectivity index (χ0n) is 8.11. The van der Waals surface area contributed by atoms with Crippen LogP contribution in [0.15, 0.2) is 30.5 Å². The smallest absolute Gasteiger partial charge is 0.221 e. The Kier molecular flexibility index (Phi) is 2.63. The van der Waals surface area contributed by atoms with Crippen LogP contribution in [-0.4, -0.2) is 9.97 Å². The van der Waals surface area contributed by atoms with Gasteiger partial charge in [0.2, 0.25) is 5.95 Å². The maximum atomic E-state index is 13.3. The van der Waals surface area contributed by atoms with E-state index in [1.807, 2.05) is 0 Å². The SMILES string of the molecule is Nc1nccc(Nc2c(F)cccc2F)n1. The zero-order valence-corrected chi connectivity index (χ0v) is 8.11. The van der Waals surface area contributed by atoms with Crippen LogP contribution in [0.25, 0.3) is 0 Å². The van der Waals surface area contributed by atoms with Crippen molar-refractivity contribution in [2.75, 3.05) is 11.1 Å². The summed E-state index contributed by atoms with van der Waals surface area (Å²) in [4.78, 5) is 7.44. The molecule has 3 N–H and O–H groups in total. The van der Waals surface area contributed by atoms with Crippen molar-refractivity contribution in [3.05, 3.63) is 42.1 Å². The van der Waals surface area contributed by atoms with Gasteiger partial charge < -0.3 is 11.1 Å². The lowest BCUT2D eigenvalue weighted by molar-refractivity contribution is 0.590. The highest BCUT2D eigenvalue weighted by Crippen LogP contribution is 2.21. The van der Waals surface area contributed by atoms with Gasteiger partial charge in [0.1, 0.15) is 23.1 Å². The van der Waals surface area contributed by atoms with Gasteiger partial charge in [-0.2, -0.15) is 4.98 Å². The van der Waals surface area contributed by atoms with Crippen LogP contribution in [0.5, 0.6) is 0 Å². The number of aromatic nitrogens is 2. The minimum atomic E-state index is -0.697. The van der Waals surface area contributed by atoms with Gasteiger partial charge in [0, 0.05) is 6.20 Å². The van der Waals surface area contributed by atoms with Gasteiger partial charge in [-0.15, -0.1) is 0 Å². The van der Waals surface area contributed by atoms with Crippen molar-refractivity contribution < 1.29 is 8.78 Å². The number of nitrogens with zero attached hydrogens (tertiary/aromatic N) is 2. The zero-order chi connectivity index (χ0) is 11.5. The Labute approximate surface area is 90.1 Å². The third-order valence-corrected chi connectivity index (χ3v) is 1.89. The summed E-state index contributed by atoms with van der Waals surface area (Å²) in [5, 5.41) is 2.50. The minimum Gasteiger partial charge on any atom is -0.368 e. The second-order valence-corrected chi connectivity index (χ2v) is 3.02. The summed E-state index contributed by atoms with van der Waals surface area (Å²) in [5.74, 6) is -1.13. The number of nitrogen functional groups attached to an aromatic ring is 1. The van der Waals surface area contributed by atoms with Crippen molar-refractivity contribution in [2.24, 2.45) is 0 Å². The van der Waals surface area contributed by atoms with E-state index in [0.717, 1.165) is 12.1 Å². The second-order valence-electron chi connectivity index (χ2n) is 3.02. The van der Waals surface area contributed by atoms with Crippen LogP contribution in [0.4, 0.5) is 26.2 Å². The quantitative estimate of drug-likeness (QED) is 0.816. The predicted octanol–water partition coefficient (Wildman–Crippen LogP) is 2.08. The fraction of sp³-hybridized carbons (Fsp3) is 0. The molecule has 0 saturated carbocycles. The average molecular weight is 222 g/mol. The van der Waals surface area contributed by atoms with Gasteiger partial charge in [-0.1, -0.05) is 6.07 Å². The molecular weight excluding hydrogens is 214 g/mol. The third-order valence-electron chi connectivity index (χ3n) is 1.89. The highest BCUT2D eigenvalue weighted by molar-refractivity contribution is 5.57. The summed E-state index contributed by atoms with van der Waals surface area (Å²) in [7, 11) is 0. The molecule has 4 nitrogen and oxygen atoms in total. The monoisotopic (exact) mass is 222 g/mol. The molecule has 0 aliphatic rings. The molecule has 0 aliphatic heterocycles. The van der Waals surface area contributed by atoms with Gasteiger partial charge >= 0.3 is 0 Å². The fourth-order valence-electron chi connectivity index (χ4n) is 1.19. The van der Waals surface area contributed by atoms with Gasteiger partial charge in [-0.05, 0) is 18.2 Å². The van der Waals surface area contributed by atoms with Crippen LogP contribution < -0.4 is 11.1 Å². The fourth-order valence-corrected chi connectivity index (χ4v) is 1.19. The van der Waals surface area contributed by atoms with Gasteiger partial charge in [0.05, 0.1) is 0 Å². The van der Waals surface area contributed by atoms with Crippen molar-refractivity contribution >= 4 is 17.5 Å². The normalized spacial score (nSPS) is 10.1. The van der Waals surface area contributed by atoms with E-state index in [1.54, 1.807) is 0 Å². The van der Waals surface area contributed by atoms with Crippen LogP contribution >= 0.6 is 0 Å². The first kappa shape index (κ1) is 10.3. The van der Waals surface area contributed by atoms with Crippen molar-refractivity contribution in [1.82, 2.24) is 9.97 Å². The molecule has 0 atom stereocenters. The van der Waals surface area contributed by atoms with Crippen molar-refractivity contribution in [2.45, 2.75) is 0 Å². The van der Waals surface area contributed by atoms with Gasteiger partial charge in [-0.3, -0.25) is 0 Å². The van der Waals surface area contributed by atoms with E-state index >= 15 is 0 Å². The largest absolute Gasteiger partial charge is 0.368 e. The Hall–Kier alpha value is -2.24. The van der Waals surface area contributed by atoms with Crippen LogP contribution in [0.2, 0.25) is 0 Å². The number of anilines is 3.